The zero-order chi connectivity index (χ0) is 17.9. The quantitative estimate of drug-likeness (QED) is 0.890. The molecule has 2 amide bonds. The van der Waals surface area contributed by atoms with Crippen LogP contribution in [0.2, 0.25) is 0 Å². The summed E-state index contributed by atoms with van der Waals surface area (Å²) in [7, 11) is 0. The van der Waals surface area contributed by atoms with Crippen LogP contribution in [0.1, 0.15) is 55.3 Å². The lowest BCUT2D eigenvalue weighted by molar-refractivity contribution is -0.126. The SMILES string of the molecule is O=C(NC1CCN(C(=O)c2ccc3nc[nH]c3c2)CC1)C1CCCCC1. The number of carbonyl (C=O) groups is 2. The molecule has 138 valence electrons. The van der Waals surface area contributed by atoms with Crippen LogP contribution in [0.5, 0.6) is 0 Å². The smallest absolute Gasteiger partial charge is 0.253 e. The molecule has 4 rings (SSSR count). The molecular formula is C20H26N4O2. The van der Waals surface area contributed by atoms with Crippen LogP contribution in [0.15, 0.2) is 24.5 Å². The fourth-order valence-corrected chi connectivity index (χ4v) is 4.16. The Morgan fingerprint density at radius 3 is 2.62 bits per heavy atom. The van der Waals surface area contributed by atoms with E-state index in [4.69, 9.17) is 0 Å². The highest BCUT2D eigenvalue weighted by Crippen LogP contribution is 2.24. The van der Waals surface area contributed by atoms with Gasteiger partial charge in [-0.15, -0.1) is 0 Å². The van der Waals surface area contributed by atoms with E-state index in [1.165, 1.54) is 19.3 Å². The summed E-state index contributed by atoms with van der Waals surface area (Å²) < 4.78 is 0. The predicted octanol–water partition coefficient (Wildman–Crippen LogP) is 2.86. The molecule has 2 heterocycles. The number of rotatable bonds is 3. The average molecular weight is 354 g/mol. The topological polar surface area (TPSA) is 78.1 Å². The number of nitrogens with one attached hydrogen (secondary N) is 2. The zero-order valence-corrected chi connectivity index (χ0v) is 15.0. The number of benzene rings is 1. The van der Waals surface area contributed by atoms with Crippen LogP contribution in [-0.2, 0) is 4.79 Å². The molecule has 2 fully saturated rings. The molecule has 1 aromatic carbocycles. The predicted molar refractivity (Wildman–Crippen MR) is 99.7 cm³/mol. The van der Waals surface area contributed by atoms with Gasteiger partial charge in [-0.1, -0.05) is 19.3 Å². The van der Waals surface area contributed by atoms with Crippen molar-refractivity contribution in [1.29, 1.82) is 0 Å². The summed E-state index contributed by atoms with van der Waals surface area (Å²) in [6.45, 7) is 1.38. The second-order valence-electron chi connectivity index (χ2n) is 7.54. The molecular weight excluding hydrogens is 328 g/mol. The number of nitrogens with zero attached hydrogens (tertiary/aromatic N) is 2. The molecule has 2 aromatic rings. The van der Waals surface area contributed by atoms with Gasteiger partial charge in [0.2, 0.25) is 5.91 Å². The molecule has 1 aliphatic heterocycles. The average Bonchev–Trinajstić information content (AvgIpc) is 3.16. The van der Waals surface area contributed by atoms with Crippen LogP contribution in [-0.4, -0.2) is 45.8 Å². The highest BCUT2D eigenvalue weighted by molar-refractivity contribution is 5.97. The Morgan fingerprint density at radius 1 is 1.08 bits per heavy atom. The molecule has 26 heavy (non-hydrogen) atoms. The van der Waals surface area contributed by atoms with Crippen molar-refractivity contribution in [1.82, 2.24) is 20.2 Å². The molecule has 2 N–H and O–H groups in total. The maximum absolute atomic E-state index is 12.7. The van der Waals surface area contributed by atoms with Gasteiger partial charge >= 0.3 is 0 Å². The Balaban J connectivity index is 1.31. The number of amides is 2. The first kappa shape index (κ1) is 17.1. The highest BCUT2D eigenvalue weighted by atomic mass is 16.2. The van der Waals surface area contributed by atoms with Crippen molar-refractivity contribution < 1.29 is 9.59 Å². The minimum atomic E-state index is 0.0542. The number of imidazole rings is 1. The molecule has 0 radical (unpaired) electrons. The van der Waals surface area contributed by atoms with Gasteiger partial charge in [0.15, 0.2) is 0 Å². The van der Waals surface area contributed by atoms with E-state index in [0.717, 1.165) is 36.7 Å². The number of H-pyrrole nitrogens is 1. The Bertz CT molecular complexity index is 786. The lowest BCUT2D eigenvalue weighted by atomic mass is 9.88. The van der Waals surface area contributed by atoms with Crippen molar-refractivity contribution >= 4 is 22.8 Å². The van der Waals surface area contributed by atoms with Gasteiger partial charge in [0, 0.05) is 30.6 Å². The van der Waals surface area contributed by atoms with Gasteiger partial charge in [0.1, 0.15) is 0 Å². The standard InChI is InChI=1S/C20H26N4O2/c25-19(14-4-2-1-3-5-14)23-16-8-10-24(11-9-16)20(26)15-6-7-17-18(12-15)22-13-21-17/h6-7,12-14,16H,1-5,8-11H2,(H,21,22)(H,23,25). The van der Waals surface area contributed by atoms with E-state index in [2.05, 4.69) is 15.3 Å². The Labute approximate surface area is 153 Å². The van der Waals surface area contributed by atoms with Crippen LogP contribution in [0.25, 0.3) is 11.0 Å². The van der Waals surface area contributed by atoms with Crippen molar-refractivity contribution in [2.24, 2.45) is 5.92 Å². The summed E-state index contributed by atoms with van der Waals surface area (Å²) in [6.07, 6.45) is 8.96. The van der Waals surface area contributed by atoms with Crippen LogP contribution in [0.3, 0.4) is 0 Å². The van der Waals surface area contributed by atoms with Crippen molar-refractivity contribution in [2.45, 2.75) is 51.0 Å². The van der Waals surface area contributed by atoms with Gasteiger partial charge < -0.3 is 15.2 Å². The molecule has 1 saturated heterocycles. The number of fused-ring (bicyclic) bond motifs is 1. The fraction of sp³-hybridized carbons (Fsp3) is 0.550. The fourth-order valence-electron chi connectivity index (χ4n) is 4.16. The van der Waals surface area contributed by atoms with Crippen LogP contribution >= 0.6 is 0 Å². The molecule has 1 aromatic heterocycles. The van der Waals surface area contributed by atoms with E-state index in [9.17, 15) is 9.59 Å². The first-order valence-electron chi connectivity index (χ1n) is 9.73. The van der Waals surface area contributed by atoms with Crippen molar-refractivity contribution in [3.63, 3.8) is 0 Å². The molecule has 2 aliphatic rings. The minimum absolute atomic E-state index is 0.0542. The lowest BCUT2D eigenvalue weighted by Crippen LogP contribution is -2.48. The van der Waals surface area contributed by atoms with E-state index in [0.29, 0.717) is 18.7 Å². The molecule has 1 aliphatic carbocycles. The van der Waals surface area contributed by atoms with Crippen LogP contribution in [0, 0.1) is 5.92 Å². The third kappa shape index (κ3) is 3.59. The first-order chi connectivity index (χ1) is 12.7. The van der Waals surface area contributed by atoms with Crippen LogP contribution in [0.4, 0.5) is 0 Å². The van der Waals surface area contributed by atoms with Crippen molar-refractivity contribution in [3.8, 4) is 0 Å². The first-order valence-corrected chi connectivity index (χ1v) is 9.73. The second-order valence-corrected chi connectivity index (χ2v) is 7.54. The van der Waals surface area contributed by atoms with Gasteiger partial charge in [0.05, 0.1) is 17.4 Å². The van der Waals surface area contributed by atoms with Crippen LogP contribution < -0.4 is 5.32 Å². The lowest BCUT2D eigenvalue weighted by Gasteiger charge is -2.33. The summed E-state index contributed by atoms with van der Waals surface area (Å²) in [5, 5.41) is 3.22. The number of piperidine rings is 1. The number of carbonyl (C=O) groups excluding carboxylic acids is 2. The molecule has 6 heteroatoms. The molecule has 0 atom stereocenters. The number of aromatic amines is 1. The normalized spacial score (nSPS) is 19.6. The van der Waals surface area contributed by atoms with Gasteiger partial charge in [-0.2, -0.15) is 0 Å². The maximum atomic E-state index is 12.7. The van der Waals surface area contributed by atoms with Gasteiger partial charge in [0.25, 0.3) is 5.91 Å². The molecule has 0 bridgehead atoms. The second kappa shape index (κ2) is 7.48. The number of aromatic nitrogens is 2. The molecule has 0 unspecified atom stereocenters. The monoisotopic (exact) mass is 354 g/mol. The Morgan fingerprint density at radius 2 is 1.85 bits per heavy atom. The summed E-state index contributed by atoms with van der Waals surface area (Å²) in [5.41, 5.74) is 2.43. The Kier molecular flexibility index (Phi) is 4.91. The molecule has 6 nitrogen and oxygen atoms in total. The van der Waals surface area contributed by atoms with Crippen molar-refractivity contribution in [3.05, 3.63) is 30.1 Å². The summed E-state index contributed by atoms with van der Waals surface area (Å²) in [4.78, 5) is 34.3. The van der Waals surface area contributed by atoms with E-state index in [1.54, 1.807) is 6.33 Å². The number of hydrogen-bond donors (Lipinski definition) is 2. The van der Waals surface area contributed by atoms with E-state index in [1.807, 2.05) is 23.1 Å². The molecule has 1 saturated carbocycles. The van der Waals surface area contributed by atoms with E-state index < -0.39 is 0 Å². The van der Waals surface area contributed by atoms with Crippen molar-refractivity contribution in [2.75, 3.05) is 13.1 Å². The maximum Gasteiger partial charge on any atom is 0.253 e. The summed E-state index contributed by atoms with van der Waals surface area (Å²) in [5.74, 6) is 0.474. The molecule has 0 spiro atoms. The highest BCUT2D eigenvalue weighted by Gasteiger charge is 2.27. The van der Waals surface area contributed by atoms with Gasteiger partial charge in [-0.3, -0.25) is 9.59 Å². The third-order valence-electron chi connectivity index (χ3n) is 5.77. The summed E-state index contributed by atoms with van der Waals surface area (Å²) in [6, 6.07) is 5.77. The summed E-state index contributed by atoms with van der Waals surface area (Å²) >= 11 is 0. The van der Waals surface area contributed by atoms with Gasteiger partial charge in [-0.05, 0) is 43.9 Å². The minimum Gasteiger partial charge on any atom is -0.353 e. The third-order valence-corrected chi connectivity index (χ3v) is 5.77. The Hall–Kier alpha value is -2.37. The van der Waals surface area contributed by atoms with E-state index in [-0.39, 0.29) is 23.8 Å². The number of likely N-dealkylation sites (tertiary alicyclic amines) is 1. The zero-order valence-electron chi connectivity index (χ0n) is 15.0. The van der Waals surface area contributed by atoms with E-state index >= 15 is 0 Å². The van der Waals surface area contributed by atoms with Gasteiger partial charge in [-0.25, -0.2) is 4.98 Å². The number of hydrogen-bond acceptors (Lipinski definition) is 3. The largest absolute Gasteiger partial charge is 0.353 e.